The molecule has 0 radical (unpaired) electrons. The highest BCUT2D eigenvalue weighted by atomic mass is 15.2. The van der Waals surface area contributed by atoms with Crippen molar-refractivity contribution in [2.45, 2.75) is 19.3 Å². The SMILES string of the molecule is CN(C)c1cncc(-c2ccc3[nH]nc(-c4nc5c(N6CCCCC6)cccc5[nH]4)c3c2)c1. The van der Waals surface area contributed by atoms with E-state index in [0.29, 0.717) is 0 Å². The van der Waals surface area contributed by atoms with Crippen molar-refractivity contribution >= 4 is 33.3 Å². The van der Waals surface area contributed by atoms with Crippen molar-refractivity contribution in [1.29, 1.82) is 0 Å². The Kier molecular flexibility index (Phi) is 4.75. The number of aromatic amines is 2. The van der Waals surface area contributed by atoms with Gasteiger partial charge >= 0.3 is 0 Å². The van der Waals surface area contributed by atoms with E-state index in [0.717, 1.165) is 63.4 Å². The van der Waals surface area contributed by atoms with Crippen LogP contribution in [-0.2, 0) is 0 Å². The Bertz CT molecular complexity index is 1440. The molecule has 0 aliphatic carbocycles. The van der Waals surface area contributed by atoms with E-state index >= 15 is 0 Å². The molecule has 5 aromatic rings. The van der Waals surface area contributed by atoms with Gasteiger partial charge in [-0.05, 0) is 55.2 Å². The molecule has 0 amide bonds. The zero-order valence-electron chi connectivity index (χ0n) is 19.0. The van der Waals surface area contributed by atoms with Gasteiger partial charge in [-0.15, -0.1) is 0 Å². The standard InChI is InChI=1S/C26H27N7/c1-32(2)19-13-18(15-27-16-19)17-9-10-21-20(14-17)24(31-30-21)26-28-22-7-6-8-23(25(22)29-26)33-11-4-3-5-12-33/h6-10,13-16H,3-5,11-12H2,1-2H3,(H,28,29)(H,30,31). The number of aromatic nitrogens is 5. The maximum Gasteiger partial charge on any atom is 0.159 e. The smallest absolute Gasteiger partial charge is 0.159 e. The maximum atomic E-state index is 5.02. The largest absolute Gasteiger partial charge is 0.376 e. The molecule has 2 aromatic carbocycles. The summed E-state index contributed by atoms with van der Waals surface area (Å²) in [5.41, 5.74) is 8.35. The topological polar surface area (TPSA) is 76.7 Å². The molecule has 6 rings (SSSR count). The van der Waals surface area contributed by atoms with Crippen LogP contribution < -0.4 is 9.80 Å². The number of H-pyrrole nitrogens is 2. The van der Waals surface area contributed by atoms with Crippen LogP contribution in [-0.4, -0.2) is 52.3 Å². The second-order valence-corrected chi connectivity index (χ2v) is 8.97. The molecular formula is C26H27N7. The predicted molar refractivity (Wildman–Crippen MR) is 135 cm³/mol. The van der Waals surface area contributed by atoms with E-state index in [9.17, 15) is 0 Å². The summed E-state index contributed by atoms with van der Waals surface area (Å²) in [6, 6.07) is 14.9. The third-order valence-corrected chi connectivity index (χ3v) is 6.55. The van der Waals surface area contributed by atoms with Crippen LogP contribution in [0.25, 0.3) is 44.6 Å². The second-order valence-electron chi connectivity index (χ2n) is 8.97. The van der Waals surface area contributed by atoms with Gasteiger partial charge in [0, 0.05) is 44.3 Å². The van der Waals surface area contributed by atoms with Gasteiger partial charge in [-0.1, -0.05) is 12.1 Å². The van der Waals surface area contributed by atoms with Crippen molar-refractivity contribution in [2.24, 2.45) is 0 Å². The molecule has 0 atom stereocenters. The van der Waals surface area contributed by atoms with Gasteiger partial charge in [0.2, 0.25) is 0 Å². The first-order valence-electron chi connectivity index (χ1n) is 11.5. The molecule has 1 aliphatic heterocycles. The van der Waals surface area contributed by atoms with Crippen LogP contribution in [0, 0.1) is 0 Å². The fraction of sp³-hybridized carbons (Fsp3) is 0.269. The lowest BCUT2D eigenvalue weighted by molar-refractivity contribution is 0.579. The van der Waals surface area contributed by atoms with E-state index in [-0.39, 0.29) is 0 Å². The summed E-state index contributed by atoms with van der Waals surface area (Å²) in [4.78, 5) is 17.5. The molecule has 1 aliphatic rings. The molecule has 33 heavy (non-hydrogen) atoms. The first-order chi connectivity index (χ1) is 16.2. The van der Waals surface area contributed by atoms with Gasteiger partial charge in [-0.25, -0.2) is 4.98 Å². The van der Waals surface area contributed by atoms with Crippen LogP contribution in [0.15, 0.2) is 54.9 Å². The van der Waals surface area contributed by atoms with Crippen molar-refractivity contribution in [1.82, 2.24) is 25.1 Å². The molecular weight excluding hydrogens is 410 g/mol. The minimum absolute atomic E-state index is 0.790. The van der Waals surface area contributed by atoms with E-state index < -0.39 is 0 Å². The molecule has 166 valence electrons. The third-order valence-electron chi connectivity index (χ3n) is 6.55. The van der Waals surface area contributed by atoms with E-state index in [1.165, 1.54) is 24.9 Å². The lowest BCUT2D eigenvalue weighted by Gasteiger charge is -2.28. The number of pyridine rings is 1. The Morgan fingerprint density at radius 2 is 1.79 bits per heavy atom. The number of hydrogen-bond acceptors (Lipinski definition) is 5. The molecule has 3 aromatic heterocycles. The lowest BCUT2D eigenvalue weighted by Crippen LogP contribution is -2.29. The third kappa shape index (κ3) is 3.50. The summed E-state index contributed by atoms with van der Waals surface area (Å²) >= 11 is 0. The highest BCUT2D eigenvalue weighted by Crippen LogP contribution is 2.33. The number of imidazole rings is 1. The minimum atomic E-state index is 0.790. The predicted octanol–water partition coefficient (Wildman–Crippen LogP) is 5.22. The number of benzene rings is 2. The Labute approximate surface area is 192 Å². The number of hydrogen-bond donors (Lipinski definition) is 2. The maximum absolute atomic E-state index is 5.02. The minimum Gasteiger partial charge on any atom is -0.376 e. The Hall–Kier alpha value is -3.87. The van der Waals surface area contributed by atoms with Crippen LogP contribution in [0.5, 0.6) is 0 Å². The number of para-hydroxylation sites is 1. The summed E-state index contributed by atoms with van der Waals surface area (Å²) in [5, 5.41) is 8.84. The van der Waals surface area contributed by atoms with Gasteiger partial charge in [0.25, 0.3) is 0 Å². The summed E-state index contributed by atoms with van der Waals surface area (Å²) in [7, 11) is 4.05. The zero-order valence-corrected chi connectivity index (χ0v) is 19.0. The van der Waals surface area contributed by atoms with Gasteiger partial charge in [0.1, 0.15) is 11.2 Å². The van der Waals surface area contributed by atoms with Crippen molar-refractivity contribution in [3.63, 3.8) is 0 Å². The highest BCUT2D eigenvalue weighted by Gasteiger charge is 2.18. The van der Waals surface area contributed by atoms with E-state index in [2.05, 4.69) is 72.4 Å². The van der Waals surface area contributed by atoms with Gasteiger partial charge in [-0.2, -0.15) is 5.10 Å². The van der Waals surface area contributed by atoms with Crippen molar-refractivity contribution in [2.75, 3.05) is 37.0 Å². The van der Waals surface area contributed by atoms with Crippen LogP contribution in [0.4, 0.5) is 11.4 Å². The van der Waals surface area contributed by atoms with Gasteiger partial charge in [-0.3, -0.25) is 10.1 Å². The number of fused-ring (bicyclic) bond motifs is 2. The number of rotatable bonds is 4. The summed E-state index contributed by atoms with van der Waals surface area (Å²) in [5.74, 6) is 0.790. The second kappa shape index (κ2) is 7.92. The van der Waals surface area contributed by atoms with Crippen molar-refractivity contribution in [3.8, 4) is 22.6 Å². The molecule has 2 N–H and O–H groups in total. The summed E-state index contributed by atoms with van der Waals surface area (Å²) in [6.07, 6.45) is 7.57. The average molecular weight is 438 g/mol. The summed E-state index contributed by atoms with van der Waals surface area (Å²) in [6.45, 7) is 2.19. The fourth-order valence-electron chi connectivity index (χ4n) is 4.72. The highest BCUT2D eigenvalue weighted by molar-refractivity contribution is 5.97. The van der Waals surface area contributed by atoms with Gasteiger partial charge in [0.05, 0.1) is 28.6 Å². The Balaban J connectivity index is 1.44. The van der Waals surface area contributed by atoms with E-state index in [1.54, 1.807) is 0 Å². The molecule has 1 fully saturated rings. The molecule has 4 heterocycles. The molecule has 7 nitrogen and oxygen atoms in total. The van der Waals surface area contributed by atoms with E-state index in [1.807, 2.05) is 26.5 Å². The zero-order chi connectivity index (χ0) is 22.4. The van der Waals surface area contributed by atoms with Crippen LogP contribution in [0.2, 0.25) is 0 Å². The Morgan fingerprint density at radius 3 is 2.64 bits per heavy atom. The first kappa shape index (κ1) is 19.8. The quantitative estimate of drug-likeness (QED) is 0.403. The molecule has 0 unspecified atom stereocenters. The number of anilines is 2. The summed E-state index contributed by atoms with van der Waals surface area (Å²) < 4.78 is 0. The number of nitrogens with zero attached hydrogens (tertiary/aromatic N) is 5. The Morgan fingerprint density at radius 1 is 0.909 bits per heavy atom. The number of nitrogens with one attached hydrogen (secondary N) is 2. The van der Waals surface area contributed by atoms with Crippen LogP contribution >= 0.6 is 0 Å². The van der Waals surface area contributed by atoms with Crippen LogP contribution in [0.3, 0.4) is 0 Å². The lowest BCUT2D eigenvalue weighted by atomic mass is 10.0. The van der Waals surface area contributed by atoms with Crippen molar-refractivity contribution < 1.29 is 0 Å². The van der Waals surface area contributed by atoms with E-state index in [4.69, 9.17) is 4.98 Å². The van der Waals surface area contributed by atoms with Gasteiger partial charge < -0.3 is 14.8 Å². The molecule has 0 saturated carbocycles. The first-order valence-corrected chi connectivity index (χ1v) is 11.5. The average Bonchev–Trinajstić information content (AvgIpc) is 3.48. The number of piperidine rings is 1. The molecule has 0 spiro atoms. The van der Waals surface area contributed by atoms with Crippen LogP contribution in [0.1, 0.15) is 19.3 Å². The van der Waals surface area contributed by atoms with Crippen molar-refractivity contribution in [3.05, 3.63) is 54.9 Å². The fourth-order valence-corrected chi connectivity index (χ4v) is 4.72. The molecule has 7 heteroatoms. The monoisotopic (exact) mass is 437 g/mol. The normalized spacial score (nSPS) is 14.3. The molecule has 1 saturated heterocycles. The molecule has 0 bridgehead atoms. The van der Waals surface area contributed by atoms with Gasteiger partial charge in [0.15, 0.2) is 5.82 Å².